The molecule has 1 aromatic carbocycles. The molecule has 1 atom stereocenters. The summed E-state index contributed by atoms with van der Waals surface area (Å²) < 4.78 is 5.79. The van der Waals surface area contributed by atoms with Gasteiger partial charge in [0.05, 0.1) is 0 Å². The zero-order valence-electron chi connectivity index (χ0n) is 16.1. The molecular formula is C21H29N3O2. The molecule has 0 aliphatic rings. The molecule has 0 fully saturated rings. The second kappa shape index (κ2) is 9.92. The summed E-state index contributed by atoms with van der Waals surface area (Å²) in [6.45, 7) is 5.58. The highest BCUT2D eigenvalue weighted by Crippen LogP contribution is 2.16. The van der Waals surface area contributed by atoms with Gasteiger partial charge in [-0.05, 0) is 50.7 Å². The van der Waals surface area contributed by atoms with Gasteiger partial charge in [0.1, 0.15) is 12.4 Å². The number of rotatable bonds is 9. The lowest BCUT2D eigenvalue weighted by Gasteiger charge is -2.24. The van der Waals surface area contributed by atoms with E-state index in [-0.39, 0.29) is 11.9 Å². The summed E-state index contributed by atoms with van der Waals surface area (Å²) in [5.41, 5.74) is 1.60. The Morgan fingerprint density at radius 1 is 1.23 bits per heavy atom. The second-order valence-electron chi connectivity index (χ2n) is 7.24. The van der Waals surface area contributed by atoms with Crippen LogP contribution in [0.15, 0.2) is 48.8 Å². The van der Waals surface area contributed by atoms with Gasteiger partial charge in [0.15, 0.2) is 0 Å². The van der Waals surface area contributed by atoms with Crippen LogP contribution in [0.5, 0.6) is 5.75 Å². The smallest absolute Gasteiger partial charge is 0.251 e. The number of hydrogen-bond donors (Lipinski definition) is 1. The number of carbonyl (C=O) groups is 1. The van der Waals surface area contributed by atoms with Gasteiger partial charge in [-0.2, -0.15) is 0 Å². The lowest BCUT2D eigenvalue weighted by molar-refractivity contribution is 0.0924. The van der Waals surface area contributed by atoms with Crippen molar-refractivity contribution in [2.24, 2.45) is 5.92 Å². The first-order valence-electron chi connectivity index (χ1n) is 9.01. The van der Waals surface area contributed by atoms with Crippen molar-refractivity contribution in [3.05, 3.63) is 59.9 Å². The minimum atomic E-state index is -0.0654. The molecule has 1 amide bonds. The largest absolute Gasteiger partial charge is 0.489 e. The van der Waals surface area contributed by atoms with Gasteiger partial charge in [0.2, 0.25) is 0 Å². The Morgan fingerprint density at radius 3 is 2.69 bits per heavy atom. The number of hydrogen-bond acceptors (Lipinski definition) is 4. The fourth-order valence-electron chi connectivity index (χ4n) is 2.83. The molecule has 5 heteroatoms. The summed E-state index contributed by atoms with van der Waals surface area (Å²) in [5, 5.41) is 3.15. The van der Waals surface area contributed by atoms with Crippen LogP contribution in [-0.2, 0) is 6.61 Å². The maximum absolute atomic E-state index is 12.6. The first-order valence-corrected chi connectivity index (χ1v) is 9.01. The first kappa shape index (κ1) is 19.9. The van der Waals surface area contributed by atoms with Crippen LogP contribution in [0.1, 0.15) is 36.2 Å². The average Bonchev–Trinajstić information content (AvgIpc) is 2.60. The van der Waals surface area contributed by atoms with Crippen LogP contribution in [0.25, 0.3) is 0 Å². The molecule has 0 saturated heterocycles. The van der Waals surface area contributed by atoms with E-state index in [9.17, 15) is 4.79 Å². The van der Waals surface area contributed by atoms with E-state index in [1.807, 2.05) is 44.4 Å². The topological polar surface area (TPSA) is 54.5 Å². The Labute approximate surface area is 156 Å². The highest BCUT2D eigenvalue weighted by molar-refractivity contribution is 5.94. The standard InChI is InChI=1S/C21H29N3O2/c1-16(2)11-19(14-24(3)4)23-21(25)18-8-5-9-20(12-18)26-15-17-7-6-10-22-13-17/h5-10,12-13,16,19H,11,14-15H2,1-4H3,(H,23,25). The van der Waals surface area contributed by atoms with Crippen molar-refractivity contribution in [2.45, 2.75) is 32.9 Å². The van der Waals surface area contributed by atoms with E-state index in [1.165, 1.54) is 0 Å². The molecule has 1 heterocycles. The average molecular weight is 355 g/mol. The minimum Gasteiger partial charge on any atom is -0.489 e. The van der Waals surface area contributed by atoms with Crippen molar-refractivity contribution in [3.8, 4) is 5.75 Å². The van der Waals surface area contributed by atoms with E-state index in [0.717, 1.165) is 18.5 Å². The van der Waals surface area contributed by atoms with Crippen LogP contribution in [0, 0.1) is 5.92 Å². The molecule has 1 unspecified atom stereocenters. The molecule has 2 rings (SSSR count). The van der Waals surface area contributed by atoms with Gasteiger partial charge in [-0.1, -0.05) is 26.0 Å². The monoisotopic (exact) mass is 355 g/mol. The molecule has 0 aliphatic heterocycles. The molecule has 1 aromatic heterocycles. The molecule has 2 aromatic rings. The van der Waals surface area contributed by atoms with E-state index in [0.29, 0.717) is 23.8 Å². The lowest BCUT2D eigenvalue weighted by atomic mass is 10.0. The van der Waals surface area contributed by atoms with Gasteiger partial charge in [-0.25, -0.2) is 0 Å². The third-order valence-corrected chi connectivity index (χ3v) is 3.90. The number of nitrogens with one attached hydrogen (secondary N) is 1. The molecule has 0 bridgehead atoms. The van der Waals surface area contributed by atoms with Gasteiger partial charge in [0.25, 0.3) is 5.91 Å². The van der Waals surface area contributed by atoms with Crippen molar-refractivity contribution in [2.75, 3.05) is 20.6 Å². The fraction of sp³-hybridized carbons (Fsp3) is 0.429. The third-order valence-electron chi connectivity index (χ3n) is 3.90. The number of carbonyl (C=O) groups excluding carboxylic acids is 1. The van der Waals surface area contributed by atoms with Crippen molar-refractivity contribution < 1.29 is 9.53 Å². The summed E-state index contributed by atoms with van der Waals surface area (Å²) in [6.07, 6.45) is 4.45. The second-order valence-corrected chi connectivity index (χ2v) is 7.24. The summed E-state index contributed by atoms with van der Waals surface area (Å²) in [4.78, 5) is 18.8. The Hall–Kier alpha value is -2.40. The van der Waals surface area contributed by atoms with Crippen LogP contribution in [-0.4, -0.2) is 42.5 Å². The molecule has 140 valence electrons. The van der Waals surface area contributed by atoms with Crippen molar-refractivity contribution in [1.82, 2.24) is 15.2 Å². The van der Waals surface area contributed by atoms with Crippen LogP contribution < -0.4 is 10.1 Å². The summed E-state index contributed by atoms with van der Waals surface area (Å²) in [7, 11) is 4.04. The third kappa shape index (κ3) is 6.84. The molecule has 26 heavy (non-hydrogen) atoms. The number of aromatic nitrogens is 1. The van der Waals surface area contributed by atoms with E-state index in [4.69, 9.17) is 4.74 Å². The zero-order valence-corrected chi connectivity index (χ0v) is 16.1. The number of pyridine rings is 1. The molecule has 5 nitrogen and oxygen atoms in total. The molecule has 0 radical (unpaired) electrons. The quantitative estimate of drug-likeness (QED) is 0.749. The molecule has 0 spiro atoms. The van der Waals surface area contributed by atoms with Crippen LogP contribution in [0.4, 0.5) is 0 Å². The summed E-state index contributed by atoms with van der Waals surface area (Å²) >= 11 is 0. The molecular weight excluding hydrogens is 326 g/mol. The maximum atomic E-state index is 12.6. The van der Waals surface area contributed by atoms with E-state index >= 15 is 0 Å². The highest BCUT2D eigenvalue weighted by Gasteiger charge is 2.16. The lowest BCUT2D eigenvalue weighted by Crippen LogP contribution is -2.42. The van der Waals surface area contributed by atoms with Crippen molar-refractivity contribution in [1.29, 1.82) is 0 Å². The highest BCUT2D eigenvalue weighted by atomic mass is 16.5. The minimum absolute atomic E-state index is 0.0654. The Bertz CT molecular complexity index is 677. The Balaban J connectivity index is 1.99. The Morgan fingerprint density at radius 2 is 2.04 bits per heavy atom. The van der Waals surface area contributed by atoms with E-state index in [2.05, 4.69) is 29.0 Å². The number of ether oxygens (including phenoxy) is 1. The van der Waals surface area contributed by atoms with E-state index < -0.39 is 0 Å². The van der Waals surface area contributed by atoms with Gasteiger partial charge in [-0.3, -0.25) is 9.78 Å². The van der Waals surface area contributed by atoms with Gasteiger partial charge < -0.3 is 15.0 Å². The van der Waals surface area contributed by atoms with Crippen molar-refractivity contribution >= 4 is 5.91 Å². The maximum Gasteiger partial charge on any atom is 0.251 e. The number of nitrogens with zero attached hydrogens (tertiary/aromatic N) is 2. The van der Waals surface area contributed by atoms with Crippen LogP contribution in [0.2, 0.25) is 0 Å². The van der Waals surface area contributed by atoms with Crippen molar-refractivity contribution in [3.63, 3.8) is 0 Å². The Kier molecular flexibility index (Phi) is 7.60. The molecule has 1 N–H and O–H groups in total. The SMILES string of the molecule is CC(C)CC(CN(C)C)NC(=O)c1cccc(OCc2cccnc2)c1. The summed E-state index contributed by atoms with van der Waals surface area (Å²) in [5.74, 6) is 1.13. The van der Waals surface area contributed by atoms with Gasteiger partial charge in [0, 0.05) is 36.1 Å². The van der Waals surface area contributed by atoms with Gasteiger partial charge >= 0.3 is 0 Å². The molecule has 0 saturated carbocycles. The first-order chi connectivity index (χ1) is 12.4. The fourth-order valence-corrected chi connectivity index (χ4v) is 2.83. The molecule has 0 aliphatic carbocycles. The zero-order chi connectivity index (χ0) is 18.9. The van der Waals surface area contributed by atoms with Gasteiger partial charge in [-0.15, -0.1) is 0 Å². The number of likely N-dealkylation sites (N-methyl/N-ethyl adjacent to an activating group) is 1. The van der Waals surface area contributed by atoms with Crippen LogP contribution >= 0.6 is 0 Å². The van der Waals surface area contributed by atoms with Crippen LogP contribution in [0.3, 0.4) is 0 Å². The number of benzene rings is 1. The van der Waals surface area contributed by atoms with E-state index in [1.54, 1.807) is 18.5 Å². The normalized spacial score (nSPS) is 12.2. The number of amides is 1. The summed E-state index contributed by atoms with van der Waals surface area (Å²) in [6, 6.07) is 11.3. The predicted octanol–water partition coefficient (Wildman–Crippen LogP) is 3.37. The predicted molar refractivity (Wildman–Crippen MR) is 104 cm³/mol.